The van der Waals surface area contributed by atoms with Gasteiger partial charge in [0.2, 0.25) is 0 Å². The molecule has 1 amide bonds. The van der Waals surface area contributed by atoms with Crippen LogP contribution < -0.4 is 4.90 Å². The van der Waals surface area contributed by atoms with Gasteiger partial charge in [-0.3, -0.25) is 14.9 Å². The first kappa shape index (κ1) is 12.7. The van der Waals surface area contributed by atoms with Crippen LogP contribution in [0, 0.1) is 10.1 Å². The van der Waals surface area contributed by atoms with E-state index in [9.17, 15) is 14.9 Å². The summed E-state index contributed by atoms with van der Waals surface area (Å²) < 4.78 is 0. The average molecular weight is 286 g/mol. The molecule has 5 nitrogen and oxygen atoms in total. The Labute approximate surface area is 119 Å². The molecule has 0 saturated heterocycles. The molecule has 0 saturated carbocycles. The lowest BCUT2D eigenvalue weighted by atomic mass is 10.2. The number of nitrogens with zero attached hydrogens (tertiary/aromatic N) is 2. The number of anilines is 1. The smallest absolute Gasteiger partial charge is 0.270 e. The van der Waals surface area contributed by atoms with Gasteiger partial charge in [0.05, 0.1) is 16.2 Å². The van der Waals surface area contributed by atoms with E-state index in [4.69, 9.17) is 0 Å². The molecule has 0 aromatic heterocycles. The largest absolute Gasteiger partial charge is 0.310 e. The summed E-state index contributed by atoms with van der Waals surface area (Å²) >= 11 is 1.38. The normalized spacial score (nSPS) is 13.4. The number of fused-ring (bicyclic) bond motifs is 2. The van der Waals surface area contributed by atoms with Crippen LogP contribution in [0.15, 0.2) is 52.3 Å². The number of carbonyl (C=O) groups excluding carboxylic acids is 1. The number of amides is 1. The second-order valence-corrected chi connectivity index (χ2v) is 5.46. The fourth-order valence-electron chi connectivity index (χ4n) is 2.12. The second-order valence-electron chi connectivity index (χ2n) is 4.37. The quantitative estimate of drug-likeness (QED) is 0.596. The third-order valence-electron chi connectivity index (χ3n) is 3.16. The Bertz CT molecular complexity index is 730. The Hall–Kier alpha value is -2.34. The third kappa shape index (κ3) is 1.94. The van der Waals surface area contributed by atoms with Gasteiger partial charge >= 0.3 is 0 Å². The maximum Gasteiger partial charge on any atom is 0.270 e. The summed E-state index contributed by atoms with van der Waals surface area (Å²) in [6, 6.07) is 11.8. The SMILES string of the molecule is CN1C(=O)c2ccccc2Sc2cc([N+](=O)[O-])ccc21. The molecule has 20 heavy (non-hydrogen) atoms. The van der Waals surface area contributed by atoms with Crippen LogP contribution in [0.1, 0.15) is 10.4 Å². The lowest BCUT2D eigenvalue weighted by Crippen LogP contribution is -2.25. The number of rotatable bonds is 1. The molecule has 6 heteroatoms. The molecule has 100 valence electrons. The fourth-order valence-corrected chi connectivity index (χ4v) is 3.25. The zero-order chi connectivity index (χ0) is 14.3. The van der Waals surface area contributed by atoms with Crippen molar-refractivity contribution < 1.29 is 9.72 Å². The van der Waals surface area contributed by atoms with Crippen LogP contribution in [0.5, 0.6) is 0 Å². The number of non-ortho nitro benzene ring substituents is 1. The van der Waals surface area contributed by atoms with Gasteiger partial charge in [-0.05, 0) is 18.2 Å². The van der Waals surface area contributed by atoms with E-state index < -0.39 is 4.92 Å². The summed E-state index contributed by atoms with van der Waals surface area (Å²) in [5, 5.41) is 10.9. The van der Waals surface area contributed by atoms with Crippen molar-refractivity contribution in [1.82, 2.24) is 0 Å². The van der Waals surface area contributed by atoms with Gasteiger partial charge in [-0.25, -0.2) is 0 Å². The van der Waals surface area contributed by atoms with Crippen LogP contribution >= 0.6 is 11.8 Å². The second kappa shape index (κ2) is 4.64. The summed E-state index contributed by atoms with van der Waals surface area (Å²) in [5.41, 5.74) is 1.32. The van der Waals surface area contributed by atoms with Gasteiger partial charge in [-0.2, -0.15) is 0 Å². The highest BCUT2D eigenvalue weighted by Gasteiger charge is 2.25. The predicted molar refractivity (Wildman–Crippen MR) is 76.4 cm³/mol. The van der Waals surface area contributed by atoms with E-state index in [1.165, 1.54) is 28.8 Å². The molecule has 1 aliphatic heterocycles. The fraction of sp³-hybridized carbons (Fsp3) is 0.0714. The van der Waals surface area contributed by atoms with E-state index in [1.807, 2.05) is 18.2 Å². The zero-order valence-electron chi connectivity index (χ0n) is 10.6. The van der Waals surface area contributed by atoms with E-state index in [0.717, 1.165) is 4.90 Å². The van der Waals surface area contributed by atoms with Crippen molar-refractivity contribution in [3.05, 3.63) is 58.1 Å². The van der Waals surface area contributed by atoms with E-state index in [-0.39, 0.29) is 11.6 Å². The van der Waals surface area contributed by atoms with Crippen molar-refractivity contribution in [3.63, 3.8) is 0 Å². The maximum absolute atomic E-state index is 12.4. The van der Waals surface area contributed by atoms with Crippen molar-refractivity contribution in [2.75, 3.05) is 11.9 Å². The average Bonchev–Trinajstić information content (AvgIpc) is 2.55. The van der Waals surface area contributed by atoms with Crippen molar-refractivity contribution in [3.8, 4) is 0 Å². The summed E-state index contributed by atoms with van der Waals surface area (Å²) in [7, 11) is 1.68. The van der Waals surface area contributed by atoms with E-state index in [1.54, 1.807) is 19.2 Å². The lowest BCUT2D eigenvalue weighted by molar-refractivity contribution is -0.385. The Kier molecular flexibility index (Phi) is 2.94. The number of hydrogen-bond donors (Lipinski definition) is 0. The molecular weight excluding hydrogens is 276 g/mol. The van der Waals surface area contributed by atoms with Crippen LogP contribution in [0.25, 0.3) is 0 Å². The van der Waals surface area contributed by atoms with Crippen molar-refractivity contribution in [2.24, 2.45) is 0 Å². The molecule has 0 N–H and O–H groups in total. The van der Waals surface area contributed by atoms with E-state index in [2.05, 4.69) is 0 Å². The Balaban J connectivity index is 2.20. The molecule has 1 aliphatic rings. The standard InChI is InChI=1S/C14H10N2O3S/c1-15-11-7-6-9(16(18)19)8-13(11)20-12-5-3-2-4-10(12)14(15)17/h2-8H,1H3. The van der Waals surface area contributed by atoms with Gasteiger partial charge in [0.15, 0.2) is 0 Å². The molecule has 3 rings (SSSR count). The summed E-state index contributed by atoms with van der Waals surface area (Å²) in [5.74, 6) is -0.110. The molecule has 0 unspecified atom stereocenters. The van der Waals surface area contributed by atoms with Gasteiger partial charge in [-0.15, -0.1) is 0 Å². The molecule has 2 aromatic carbocycles. The maximum atomic E-state index is 12.4. The predicted octanol–water partition coefficient (Wildman–Crippen LogP) is 3.34. The highest BCUT2D eigenvalue weighted by molar-refractivity contribution is 7.99. The minimum absolute atomic E-state index is 0.0245. The topological polar surface area (TPSA) is 63.5 Å². The van der Waals surface area contributed by atoms with Gasteiger partial charge in [0, 0.05) is 29.0 Å². The highest BCUT2D eigenvalue weighted by Crippen LogP contribution is 2.42. The highest BCUT2D eigenvalue weighted by atomic mass is 32.2. The number of nitro groups is 1. The first-order valence-electron chi connectivity index (χ1n) is 5.91. The first-order valence-corrected chi connectivity index (χ1v) is 6.73. The van der Waals surface area contributed by atoms with Crippen LogP contribution in [0.2, 0.25) is 0 Å². The number of carbonyl (C=O) groups is 1. The van der Waals surface area contributed by atoms with Crippen molar-refractivity contribution in [1.29, 1.82) is 0 Å². The summed E-state index contributed by atoms with van der Waals surface area (Å²) in [4.78, 5) is 25.9. The van der Waals surface area contributed by atoms with Crippen molar-refractivity contribution in [2.45, 2.75) is 9.79 Å². The molecule has 0 radical (unpaired) electrons. The number of benzene rings is 2. The molecule has 0 fully saturated rings. The Morgan fingerprint density at radius 1 is 1.15 bits per heavy atom. The minimum Gasteiger partial charge on any atom is -0.310 e. The van der Waals surface area contributed by atoms with Crippen LogP contribution in [-0.2, 0) is 0 Å². The summed E-state index contributed by atoms with van der Waals surface area (Å²) in [6.45, 7) is 0. The molecule has 0 atom stereocenters. The van der Waals surface area contributed by atoms with Gasteiger partial charge < -0.3 is 4.90 Å². The van der Waals surface area contributed by atoms with E-state index >= 15 is 0 Å². The van der Waals surface area contributed by atoms with Gasteiger partial charge in [0.1, 0.15) is 0 Å². The molecule has 2 aromatic rings. The minimum atomic E-state index is -0.431. The van der Waals surface area contributed by atoms with Gasteiger partial charge in [-0.1, -0.05) is 23.9 Å². The van der Waals surface area contributed by atoms with E-state index in [0.29, 0.717) is 16.1 Å². The van der Waals surface area contributed by atoms with Gasteiger partial charge in [0.25, 0.3) is 11.6 Å². The number of nitro benzene ring substituents is 1. The lowest BCUT2D eigenvalue weighted by Gasteiger charge is -2.16. The molecular formula is C14H10N2O3S. The zero-order valence-corrected chi connectivity index (χ0v) is 11.4. The molecule has 0 aliphatic carbocycles. The van der Waals surface area contributed by atoms with Crippen LogP contribution in [-0.4, -0.2) is 17.9 Å². The molecule has 1 heterocycles. The van der Waals surface area contributed by atoms with Crippen LogP contribution in [0.3, 0.4) is 0 Å². The van der Waals surface area contributed by atoms with Crippen molar-refractivity contribution >= 4 is 29.0 Å². The first-order chi connectivity index (χ1) is 9.58. The number of hydrogen-bond acceptors (Lipinski definition) is 4. The monoisotopic (exact) mass is 286 g/mol. The van der Waals surface area contributed by atoms with Crippen LogP contribution in [0.4, 0.5) is 11.4 Å². The summed E-state index contributed by atoms with van der Waals surface area (Å²) in [6.07, 6.45) is 0. The Morgan fingerprint density at radius 2 is 1.90 bits per heavy atom. The molecule has 0 bridgehead atoms. The Morgan fingerprint density at radius 3 is 2.65 bits per heavy atom. The third-order valence-corrected chi connectivity index (χ3v) is 4.28. The molecule has 0 spiro atoms.